The Bertz CT molecular complexity index is 820. The average molecular weight is 387 g/mol. The van der Waals surface area contributed by atoms with Crippen molar-refractivity contribution in [2.75, 3.05) is 6.73 Å². The van der Waals surface area contributed by atoms with Gasteiger partial charge in [-0.15, -0.1) is 0 Å². The number of rotatable bonds is 6. The van der Waals surface area contributed by atoms with E-state index in [1.165, 1.54) is 4.90 Å². The zero-order valence-electron chi connectivity index (χ0n) is 16.1. The first-order chi connectivity index (χ1) is 13.3. The molecule has 1 atom stereocenters. The minimum atomic E-state index is -0.757. The molecule has 28 heavy (non-hydrogen) atoms. The fourth-order valence-electron chi connectivity index (χ4n) is 3.64. The molecule has 0 saturated carbocycles. The van der Waals surface area contributed by atoms with Gasteiger partial charge in [-0.1, -0.05) is 26.0 Å². The number of esters is 1. The van der Waals surface area contributed by atoms with Gasteiger partial charge >= 0.3 is 5.97 Å². The van der Waals surface area contributed by atoms with Crippen molar-refractivity contribution in [3.05, 3.63) is 34.9 Å². The van der Waals surface area contributed by atoms with Gasteiger partial charge in [0.1, 0.15) is 6.04 Å². The van der Waals surface area contributed by atoms with Gasteiger partial charge in [0.2, 0.25) is 5.91 Å². The number of imide groups is 1. The van der Waals surface area contributed by atoms with E-state index in [4.69, 9.17) is 10.5 Å². The van der Waals surface area contributed by atoms with E-state index in [1.54, 1.807) is 12.1 Å². The number of hydrogen-bond donors (Lipinski definition) is 1. The summed E-state index contributed by atoms with van der Waals surface area (Å²) in [4.78, 5) is 52.1. The Morgan fingerprint density at radius 2 is 2.04 bits per heavy atom. The second-order valence-electron chi connectivity index (χ2n) is 7.54. The minimum absolute atomic E-state index is 0.113. The molecule has 3 rings (SSSR count). The van der Waals surface area contributed by atoms with Crippen LogP contribution in [0.5, 0.6) is 0 Å². The van der Waals surface area contributed by atoms with Crippen LogP contribution in [0.2, 0.25) is 0 Å². The Morgan fingerprint density at radius 1 is 1.29 bits per heavy atom. The van der Waals surface area contributed by atoms with E-state index < -0.39 is 30.6 Å². The molecule has 1 unspecified atom stereocenters. The van der Waals surface area contributed by atoms with E-state index in [9.17, 15) is 19.2 Å². The standard InChI is InChI=1S/C20H25N3O5/c1-12(2)8-18(25)28-11-23-17(24)7-6-16(20(23)27)22-10-15-13(9-21)4-3-5-14(15)19(22)26/h3-5,12,16H,6-11,21H2,1-2H3. The van der Waals surface area contributed by atoms with Crippen molar-refractivity contribution in [1.29, 1.82) is 0 Å². The van der Waals surface area contributed by atoms with Gasteiger partial charge in [-0.05, 0) is 29.5 Å². The molecular weight excluding hydrogens is 362 g/mol. The first-order valence-corrected chi connectivity index (χ1v) is 9.45. The number of hydrogen-bond acceptors (Lipinski definition) is 6. The van der Waals surface area contributed by atoms with Crippen LogP contribution in [0.15, 0.2) is 18.2 Å². The smallest absolute Gasteiger partial charge is 0.307 e. The number of fused-ring (bicyclic) bond motifs is 1. The van der Waals surface area contributed by atoms with E-state index in [0.717, 1.165) is 16.0 Å². The molecule has 0 bridgehead atoms. The Kier molecular flexibility index (Phi) is 5.79. The molecule has 8 heteroatoms. The summed E-state index contributed by atoms with van der Waals surface area (Å²) in [6.45, 7) is 3.93. The number of ether oxygens (including phenoxy) is 1. The molecule has 8 nitrogen and oxygen atoms in total. The van der Waals surface area contributed by atoms with Crippen LogP contribution in [0.1, 0.15) is 54.6 Å². The van der Waals surface area contributed by atoms with Gasteiger partial charge in [0.25, 0.3) is 11.8 Å². The van der Waals surface area contributed by atoms with Gasteiger partial charge in [0, 0.05) is 31.5 Å². The van der Waals surface area contributed by atoms with Crippen LogP contribution >= 0.6 is 0 Å². The van der Waals surface area contributed by atoms with Gasteiger partial charge in [0.05, 0.1) is 0 Å². The first kappa shape index (κ1) is 20.0. The van der Waals surface area contributed by atoms with Crippen molar-refractivity contribution in [1.82, 2.24) is 9.80 Å². The molecule has 2 aliphatic rings. The van der Waals surface area contributed by atoms with Gasteiger partial charge in [-0.3, -0.25) is 19.2 Å². The molecule has 2 heterocycles. The Hall–Kier alpha value is -2.74. The molecule has 3 amide bonds. The van der Waals surface area contributed by atoms with E-state index >= 15 is 0 Å². The Balaban J connectivity index is 1.73. The lowest BCUT2D eigenvalue weighted by atomic mass is 10.0. The molecule has 0 spiro atoms. The van der Waals surface area contributed by atoms with Crippen molar-refractivity contribution in [2.24, 2.45) is 11.7 Å². The molecule has 1 fully saturated rings. The second-order valence-corrected chi connectivity index (χ2v) is 7.54. The van der Waals surface area contributed by atoms with Crippen LogP contribution in [0.25, 0.3) is 0 Å². The zero-order valence-corrected chi connectivity index (χ0v) is 16.1. The summed E-state index contributed by atoms with van der Waals surface area (Å²) < 4.78 is 5.09. The first-order valence-electron chi connectivity index (χ1n) is 9.45. The normalized spacial score (nSPS) is 19.4. The quantitative estimate of drug-likeness (QED) is 0.579. The van der Waals surface area contributed by atoms with Crippen LogP contribution in [0, 0.1) is 5.92 Å². The maximum Gasteiger partial charge on any atom is 0.307 e. The molecule has 0 aliphatic carbocycles. The van der Waals surface area contributed by atoms with E-state index in [2.05, 4.69) is 0 Å². The summed E-state index contributed by atoms with van der Waals surface area (Å²) in [5, 5.41) is 0. The summed E-state index contributed by atoms with van der Waals surface area (Å²) in [7, 11) is 0. The number of likely N-dealkylation sites (tertiary alicyclic amines) is 1. The molecule has 2 N–H and O–H groups in total. The fraction of sp³-hybridized carbons (Fsp3) is 0.500. The van der Waals surface area contributed by atoms with Crippen LogP contribution < -0.4 is 5.73 Å². The van der Waals surface area contributed by atoms with E-state index in [-0.39, 0.29) is 37.6 Å². The zero-order chi connectivity index (χ0) is 20.4. The molecule has 0 aromatic heterocycles. The summed E-state index contributed by atoms with van der Waals surface area (Å²) in [5.41, 5.74) is 8.00. The van der Waals surface area contributed by atoms with E-state index in [0.29, 0.717) is 12.1 Å². The van der Waals surface area contributed by atoms with Crippen molar-refractivity contribution in [3.63, 3.8) is 0 Å². The number of carbonyl (C=O) groups is 4. The van der Waals surface area contributed by atoms with Crippen molar-refractivity contribution in [2.45, 2.75) is 52.2 Å². The van der Waals surface area contributed by atoms with Crippen LogP contribution in [0.4, 0.5) is 0 Å². The number of nitrogens with zero attached hydrogens (tertiary/aromatic N) is 2. The highest BCUT2D eigenvalue weighted by atomic mass is 16.5. The Morgan fingerprint density at radius 3 is 2.71 bits per heavy atom. The molecular formula is C20H25N3O5. The molecule has 150 valence electrons. The topological polar surface area (TPSA) is 110 Å². The minimum Gasteiger partial charge on any atom is -0.444 e. The van der Waals surface area contributed by atoms with Crippen molar-refractivity contribution >= 4 is 23.7 Å². The third-order valence-corrected chi connectivity index (χ3v) is 5.10. The predicted octanol–water partition coefficient (Wildman–Crippen LogP) is 1.17. The SMILES string of the molecule is CC(C)CC(=O)OCN1C(=O)CCC(N2Cc3c(CN)cccc3C2=O)C1=O. The lowest BCUT2D eigenvalue weighted by molar-refractivity contribution is -0.164. The lowest BCUT2D eigenvalue weighted by Crippen LogP contribution is -2.55. The number of nitrogens with two attached hydrogens (primary N) is 1. The highest BCUT2D eigenvalue weighted by molar-refractivity contribution is 6.05. The second kappa shape index (κ2) is 8.10. The predicted molar refractivity (Wildman–Crippen MR) is 99.5 cm³/mol. The van der Waals surface area contributed by atoms with Crippen LogP contribution in [0.3, 0.4) is 0 Å². The van der Waals surface area contributed by atoms with Gasteiger partial charge in [-0.25, -0.2) is 4.90 Å². The average Bonchev–Trinajstić information content (AvgIpc) is 2.98. The summed E-state index contributed by atoms with van der Waals surface area (Å²) in [5.74, 6) is -1.50. The lowest BCUT2D eigenvalue weighted by Gasteiger charge is -2.35. The third-order valence-electron chi connectivity index (χ3n) is 5.10. The largest absolute Gasteiger partial charge is 0.444 e. The molecule has 1 aromatic carbocycles. The maximum absolute atomic E-state index is 12.9. The number of amides is 3. The third kappa shape index (κ3) is 3.77. The van der Waals surface area contributed by atoms with Crippen molar-refractivity contribution in [3.8, 4) is 0 Å². The fourth-order valence-corrected chi connectivity index (χ4v) is 3.64. The monoisotopic (exact) mass is 387 g/mol. The highest BCUT2D eigenvalue weighted by Crippen LogP contribution is 2.31. The van der Waals surface area contributed by atoms with E-state index in [1.807, 2.05) is 19.9 Å². The van der Waals surface area contributed by atoms with Gasteiger partial charge < -0.3 is 15.4 Å². The molecule has 0 radical (unpaired) electrons. The Labute approximate surface area is 163 Å². The molecule has 2 aliphatic heterocycles. The number of benzene rings is 1. The van der Waals surface area contributed by atoms with Gasteiger partial charge in [-0.2, -0.15) is 0 Å². The molecule has 1 aromatic rings. The van der Waals surface area contributed by atoms with Crippen LogP contribution in [-0.4, -0.2) is 46.3 Å². The molecule has 1 saturated heterocycles. The van der Waals surface area contributed by atoms with Crippen molar-refractivity contribution < 1.29 is 23.9 Å². The summed E-state index contributed by atoms with van der Waals surface area (Å²) in [6.07, 6.45) is 0.579. The number of piperidine rings is 1. The summed E-state index contributed by atoms with van der Waals surface area (Å²) >= 11 is 0. The van der Waals surface area contributed by atoms with Gasteiger partial charge in [0.15, 0.2) is 6.73 Å². The number of carbonyl (C=O) groups excluding carboxylic acids is 4. The maximum atomic E-state index is 12.9. The van der Waals surface area contributed by atoms with Crippen LogP contribution in [-0.2, 0) is 32.2 Å². The highest BCUT2D eigenvalue weighted by Gasteiger charge is 2.43. The summed E-state index contributed by atoms with van der Waals surface area (Å²) in [6, 6.07) is 4.60.